The van der Waals surface area contributed by atoms with Gasteiger partial charge in [-0.05, 0) is 13.0 Å². The second kappa shape index (κ2) is 5.70. The highest BCUT2D eigenvalue weighted by atomic mass is 16.5. The van der Waals surface area contributed by atoms with Gasteiger partial charge in [-0.1, -0.05) is 25.4 Å². The van der Waals surface area contributed by atoms with Crippen molar-refractivity contribution in [2.75, 3.05) is 6.54 Å². The van der Waals surface area contributed by atoms with Gasteiger partial charge >= 0.3 is 0 Å². The van der Waals surface area contributed by atoms with E-state index in [4.69, 9.17) is 4.52 Å². The van der Waals surface area contributed by atoms with E-state index < -0.39 is 0 Å². The van der Waals surface area contributed by atoms with E-state index in [1.807, 2.05) is 6.92 Å². The number of unbranched alkanes of at least 4 members (excludes halogenated alkanes) is 1. The van der Waals surface area contributed by atoms with Gasteiger partial charge in [-0.25, -0.2) is 0 Å². The predicted molar refractivity (Wildman–Crippen MR) is 50.3 cm³/mol. The lowest BCUT2D eigenvalue weighted by molar-refractivity contribution is 0.364. The summed E-state index contributed by atoms with van der Waals surface area (Å²) < 4.78 is 5.04. The van der Waals surface area contributed by atoms with Crippen molar-refractivity contribution in [3.63, 3.8) is 0 Å². The minimum absolute atomic E-state index is 0.676. The maximum Gasteiger partial charge on any atom is 0.240 e. The molecule has 0 spiro atoms. The Hall–Kier alpha value is -0.900. The zero-order valence-electron chi connectivity index (χ0n) is 8.34. The minimum Gasteiger partial charge on any atom is -0.338 e. The Kier molecular flexibility index (Phi) is 4.46. The molecule has 0 unspecified atom stereocenters. The molecule has 1 N–H and O–H groups in total. The highest BCUT2D eigenvalue weighted by Gasteiger charge is 2.03. The Morgan fingerprint density at radius 1 is 1.38 bits per heavy atom. The number of aryl methyl sites for hydroxylation is 1. The van der Waals surface area contributed by atoms with Crippen molar-refractivity contribution in [3.8, 4) is 0 Å². The Bertz CT molecular complexity index is 212. The molecule has 0 aliphatic rings. The van der Waals surface area contributed by atoms with E-state index in [0.29, 0.717) is 12.4 Å². The summed E-state index contributed by atoms with van der Waals surface area (Å²) >= 11 is 0. The average molecular weight is 183 g/mol. The summed E-state index contributed by atoms with van der Waals surface area (Å²) in [5, 5.41) is 7.02. The van der Waals surface area contributed by atoms with E-state index in [9.17, 15) is 0 Å². The lowest BCUT2D eigenvalue weighted by atomic mass is 10.2. The van der Waals surface area contributed by atoms with Gasteiger partial charge in [-0.15, -0.1) is 0 Å². The van der Waals surface area contributed by atoms with Crippen LogP contribution in [0.3, 0.4) is 0 Å². The van der Waals surface area contributed by atoms with Gasteiger partial charge in [0, 0.05) is 6.42 Å². The molecule has 0 saturated heterocycles. The van der Waals surface area contributed by atoms with Gasteiger partial charge in [0.25, 0.3) is 0 Å². The van der Waals surface area contributed by atoms with E-state index >= 15 is 0 Å². The zero-order chi connectivity index (χ0) is 9.52. The van der Waals surface area contributed by atoms with Crippen LogP contribution in [-0.4, -0.2) is 16.7 Å². The molecule has 0 aliphatic carbocycles. The molecule has 0 amide bonds. The van der Waals surface area contributed by atoms with Crippen molar-refractivity contribution >= 4 is 0 Å². The van der Waals surface area contributed by atoms with Gasteiger partial charge in [0.2, 0.25) is 5.89 Å². The maximum atomic E-state index is 5.04. The second-order valence-corrected chi connectivity index (χ2v) is 2.99. The number of hydrogen-bond acceptors (Lipinski definition) is 4. The van der Waals surface area contributed by atoms with Crippen molar-refractivity contribution in [2.24, 2.45) is 0 Å². The van der Waals surface area contributed by atoms with Crippen LogP contribution in [-0.2, 0) is 13.0 Å². The lowest BCUT2D eigenvalue weighted by Crippen LogP contribution is -2.11. The monoisotopic (exact) mass is 183 g/mol. The first-order valence-corrected chi connectivity index (χ1v) is 4.89. The topological polar surface area (TPSA) is 51.0 Å². The summed E-state index contributed by atoms with van der Waals surface area (Å²) in [6.45, 7) is 5.80. The zero-order valence-corrected chi connectivity index (χ0v) is 8.34. The first-order valence-electron chi connectivity index (χ1n) is 4.89. The molecule has 1 heterocycles. The van der Waals surface area contributed by atoms with E-state index in [1.54, 1.807) is 0 Å². The third-order valence-electron chi connectivity index (χ3n) is 1.79. The van der Waals surface area contributed by atoms with Gasteiger partial charge in [-0.2, -0.15) is 4.98 Å². The Morgan fingerprint density at radius 3 is 2.92 bits per heavy atom. The highest BCUT2D eigenvalue weighted by molar-refractivity contribution is 4.85. The molecule has 0 bridgehead atoms. The highest BCUT2D eigenvalue weighted by Crippen LogP contribution is 2.01. The summed E-state index contributed by atoms with van der Waals surface area (Å²) in [6, 6.07) is 0. The van der Waals surface area contributed by atoms with Crippen LogP contribution in [0.25, 0.3) is 0 Å². The molecule has 1 aromatic heterocycles. The third-order valence-corrected chi connectivity index (χ3v) is 1.79. The average Bonchev–Trinajstić information content (AvgIpc) is 2.59. The fraction of sp³-hybridized carbons (Fsp3) is 0.778. The van der Waals surface area contributed by atoms with E-state index in [2.05, 4.69) is 22.4 Å². The SMILES string of the molecule is CCCCc1noc(CNCC)n1. The van der Waals surface area contributed by atoms with Crippen LogP contribution in [0.15, 0.2) is 4.52 Å². The number of rotatable bonds is 6. The van der Waals surface area contributed by atoms with Gasteiger partial charge in [0.05, 0.1) is 6.54 Å². The van der Waals surface area contributed by atoms with Gasteiger partial charge < -0.3 is 9.84 Å². The number of aromatic nitrogens is 2. The summed E-state index contributed by atoms with van der Waals surface area (Å²) in [6.07, 6.45) is 3.21. The van der Waals surface area contributed by atoms with E-state index in [0.717, 1.165) is 31.6 Å². The van der Waals surface area contributed by atoms with Crippen LogP contribution in [0.5, 0.6) is 0 Å². The molecule has 1 rings (SSSR count). The third kappa shape index (κ3) is 3.55. The fourth-order valence-corrected chi connectivity index (χ4v) is 1.03. The summed E-state index contributed by atoms with van der Waals surface area (Å²) in [5.41, 5.74) is 0. The van der Waals surface area contributed by atoms with Gasteiger partial charge in [0.15, 0.2) is 5.82 Å². The standard InChI is InChI=1S/C9H17N3O/c1-3-5-6-8-11-9(13-12-8)7-10-4-2/h10H,3-7H2,1-2H3. The fourth-order valence-electron chi connectivity index (χ4n) is 1.03. The molecule has 74 valence electrons. The molecule has 0 radical (unpaired) electrons. The molecular weight excluding hydrogens is 166 g/mol. The van der Waals surface area contributed by atoms with Gasteiger partial charge in [-0.3, -0.25) is 0 Å². The molecule has 1 aromatic rings. The predicted octanol–water partition coefficient (Wildman–Crippen LogP) is 1.52. The molecule has 0 aliphatic heterocycles. The summed E-state index contributed by atoms with van der Waals surface area (Å²) in [5.74, 6) is 1.52. The van der Waals surface area contributed by atoms with Crippen LogP contribution in [0.1, 0.15) is 38.4 Å². The van der Waals surface area contributed by atoms with E-state index in [1.165, 1.54) is 0 Å². The smallest absolute Gasteiger partial charge is 0.240 e. The van der Waals surface area contributed by atoms with Crippen LogP contribution in [0, 0.1) is 0 Å². The first kappa shape index (κ1) is 10.2. The van der Waals surface area contributed by atoms with Crippen LogP contribution < -0.4 is 5.32 Å². The molecule has 4 nitrogen and oxygen atoms in total. The van der Waals surface area contributed by atoms with Crippen molar-refractivity contribution in [2.45, 2.75) is 39.7 Å². The normalized spacial score (nSPS) is 10.6. The van der Waals surface area contributed by atoms with Crippen molar-refractivity contribution in [1.29, 1.82) is 0 Å². The second-order valence-electron chi connectivity index (χ2n) is 2.99. The molecule has 0 atom stereocenters. The Labute approximate surface area is 78.7 Å². The molecule has 0 aromatic carbocycles. The van der Waals surface area contributed by atoms with Crippen molar-refractivity contribution in [3.05, 3.63) is 11.7 Å². The summed E-state index contributed by atoms with van der Waals surface area (Å²) in [4.78, 5) is 4.24. The number of nitrogens with zero attached hydrogens (tertiary/aromatic N) is 2. The van der Waals surface area contributed by atoms with Crippen molar-refractivity contribution < 1.29 is 4.52 Å². The largest absolute Gasteiger partial charge is 0.338 e. The quantitative estimate of drug-likeness (QED) is 0.726. The Balaban J connectivity index is 2.34. The lowest BCUT2D eigenvalue weighted by Gasteiger charge is -1.92. The summed E-state index contributed by atoms with van der Waals surface area (Å²) in [7, 11) is 0. The van der Waals surface area contributed by atoms with Gasteiger partial charge in [0.1, 0.15) is 0 Å². The minimum atomic E-state index is 0.676. The van der Waals surface area contributed by atoms with Crippen LogP contribution in [0.4, 0.5) is 0 Å². The molecule has 0 saturated carbocycles. The van der Waals surface area contributed by atoms with Crippen molar-refractivity contribution in [1.82, 2.24) is 15.5 Å². The molecule has 4 heteroatoms. The first-order chi connectivity index (χ1) is 6.36. The number of hydrogen-bond donors (Lipinski definition) is 1. The number of nitrogens with one attached hydrogen (secondary N) is 1. The Morgan fingerprint density at radius 2 is 2.23 bits per heavy atom. The van der Waals surface area contributed by atoms with Crippen LogP contribution in [0.2, 0.25) is 0 Å². The molecule has 13 heavy (non-hydrogen) atoms. The molecular formula is C9H17N3O. The van der Waals surface area contributed by atoms with Crippen LogP contribution >= 0.6 is 0 Å². The maximum absolute atomic E-state index is 5.04. The molecule has 0 fully saturated rings. The van der Waals surface area contributed by atoms with E-state index in [-0.39, 0.29) is 0 Å².